The molecule has 3 aromatic rings. The second-order valence-corrected chi connectivity index (χ2v) is 6.91. The Kier molecular flexibility index (Phi) is 4.03. The maximum absolute atomic E-state index is 12.6. The molecule has 21 heavy (non-hydrogen) atoms. The Morgan fingerprint density at radius 2 is 1.90 bits per heavy atom. The van der Waals surface area contributed by atoms with Gasteiger partial charge in [-0.25, -0.2) is 0 Å². The molecule has 3 rings (SSSR count). The number of halogens is 1. The van der Waals surface area contributed by atoms with Gasteiger partial charge in [0, 0.05) is 21.7 Å². The van der Waals surface area contributed by atoms with Crippen LogP contribution < -0.4 is 5.73 Å². The molecule has 1 heterocycles. The van der Waals surface area contributed by atoms with Crippen LogP contribution in [0.4, 0.5) is 5.69 Å². The van der Waals surface area contributed by atoms with E-state index in [0.29, 0.717) is 11.4 Å². The first-order valence-corrected chi connectivity index (χ1v) is 8.53. The fourth-order valence-corrected chi connectivity index (χ4v) is 4.23. The van der Waals surface area contributed by atoms with Gasteiger partial charge in [-0.3, -0.25) is 9.19 Å². The Morgan fingerprint density at radius 3 is 2.71 bits per heavy atom. The third kappa shape index (κ3) is 2.84. The molecule has 0 radical (unpaired) electrons. The minimum absolute atomic E-state index is 0.413. The fourth-order valence-electron chi connectivity index (χ4n) is 2.22. The van der Waals surface area contributed by atoms with Crippen LogP contribution in [0, 0.1) is 0 Å². The number of hydrogen-bond acceptors (Lipinski definition) is 3. The van der Waals surface area contributed by atoms with Gasteiger partial charge >= 0.3 is 0 Å². The Morgan fingerprint density at radius 1 is 1.10 bits per heavy atom. The summed E-state index contributed by atoms with van der Waals surface area (Å²) in [4.78, 5) is 5.18. The number of nitrogens with two attached hydrogens (primary N) is 1. The van der Waals surface area contributed by atoms with Gasteiger partial charge < -0.3 is 5.73 Å². The highest BCUT2D eigenvalue weighted by molar-refractivity contribution is 9.10. The SMILES string of the molecule is Nc1ccc(CS(=O)c2ccccc2Br)c2ncccc12. The van der Waals surface area contributed by atoms with Gasteiger partial charge in [0.25, 0.3) is 0 Å². The molecule has 0 aliphatic carbocycles. The van der Waals surface area contributed by atoms with Crippen LogP contribution in [0.15, 0.2) is 64.1 Å². The van der Waals surface area contributed by atoms with E-state index in [1.807, 2.05) is 48.5 Å². The number of aromatic nitrogens is 1. The van der Waals surface area contributed by atoms with Crippen LogP contribution in [-0.2, 0) is 16.6 Å². The van der Waals surface area contributed by atoms with E-state index in [9.17, 15) is 4.21 Å². The molecule has 3 nitrogen and oxygen atoms in total. The van der Waals surface area contributed by atoms with Gasteiger partial charge in [0.1, 0.15) is 0 Å². The first kappa shape index (κ1) is 14.2. The van der Waals surface area contributed by atoms with E-state index >= 15 is 0 Å². The molecule has 2 aromatic carbocycles. The molecular formula is C16H13BrN2OS. The summed E-state index contributed by atoms with van der Waals surface area (Å²) in [5, 5.41) is 0.902. The number of anilines is 1. The number of rotatable bonds is 3. The Labute approximate surface area is 133 Å². The van der Waals surface area contributed by atoms with Crippen LogP contribution in [0.3, 0.4) is 0 Å². The van der Waals surface area contributed by atoms with Gasteiger partial charge in [-0.15, -0.1) is 0 Å². The van der Waals surface area contributed by atoms with Crippen LogP contribution in [0.5, 0.6) is 0 Å². The van der Waals surface area contributed by atoms with Gasteiger partial charge in [-0.05, 0) is 51.8 Å². The highest BCUT2D eigenvalue weighted by Gasteiger charge is 2.12. The summed E-state index contributed by atoms with van der Waals surface area (Å²) >= 11 is 3.44. The third-order valence-electron chi connectivity index (χ3n) is 3.26. The Hall–Kier alpha value is -1.72. The maximum atomic E-state index is 12.6. The summed E-state index contributed by atoms with van der Waals surface area (Å²) in [6.45, 7) is 0. The fraction of sp³-hybridized carbons (Fsp3) is 0.0625. The summed E-state index contributed by atoms with van der Waals surface area (Å²) in [7, 11) is -1.14. The summed E-state index contributed by atoms with van der Waals surface area (Å²) < 4.78 is 13.4. The van der Waals surface area contributed by atoms with Crippen molar-refractivity contribution in [2.75, 3.05) is 5.73 Å². The normalized spacial score (nSPS) is 12.4. The van der Waals surface area contributed by atoms with Gasteiger partial charge in [-0.1, -0.05) is 18.2 Å². The Balaban J connectivity index is 2.01. The molecule has 1 atom stereocenters. The van der Waals surface area contributed by atoms with E-state index in [-0.39, 0.29) is 0 Å². The van der Waals surface area contributed by atoms with E-state index in [1.165, 1.54) is 0 Å². The van der Waals surface area contributed by atoms with Crippen molar-refractivity contribution in [1.29, 1.82) is 0 Å². The van der Waals surface area contributed by atoms with E-state index in [1.54, 1.807) is 6.20 Å². The molecule has 1 unspecified atom stereocenters. The van der Waals surface area contributed by atoms with Crippen LogP contribution >= 0.6 is 15.9 Å². The lowest BCUT2D eigenvalue weighted by Gasteiger charge is -2.09. The number of hydrogen-bond donors (Lipinski definition) is 1. The number of pyridine rings is 1. The summed E-state index contributed by atoms with van der Waals surface area (Å²) in [6.07, 6.45) is 1.73. The molecule has 0 saturated heterocycles. The molecule has 0 spiro atoms. The largest absolute Gasteiger partial charge is 0.398 e. The molecule has 2 N–H and O–H groups in total. The van der Waals surface area contributed by atoms with Gasteiger partial charge in [-0.2, -0.15) is 0 Å². The van der Waals surface area contributed by atoms with Crippen LogP contribution in [0.2, 0.25) is 0 Å². The summed E-state index contributed by atoms with van der Waals surface area (Å²) in [6, 6.07) is 15.1. The van der Waals surface area contributed by atoms with Crippen LogP contribution in [0.25, 0.3) is 10.9 Å². The average molecular weight is 361 g/mol. The second-order valence-electron chi connectivity index (χ2n) is 4.63. The zero-order chi connectivity index (χ0) is 14.8. The van der Waals surface area contributed by atoms with Crippen molar-refractivity contribution < 1.29 is 4.21 Å². The van der Waals surface area contributed by atoms with Crippen LogP contribution in [-0.4, -0.2) is 9.19 Å². The van der Waals surface area contributed by atoms with Crippen molar-refractivity contribution in [1.82, 2.24) is 4.98 Å². The molecule has 5 heteroatoms. The minimum Gasteiger partial charge on any atom is -0.398 e. The van der Waals surface area contributed by atoms with Crippen molar-refractivity contribution in [2.45, 2.75) is 10.6 Å². The maximum Gasteiger partial charge on any atom is 0.0764 e. The van der Waals surface area contributed by atoms with E-state index in [0.717, 1.165) is 25.8 Å². The number of benzene rings is 2. The third-order valence-corrected chi connectivity index (χ3v) is 5.63. The minimum atomic E-state index is -1.14. The molecule has 0 aliphatic rings. The lowest BCUT2D eigenvalue weighted by molar-refractivity contribution is 0.682. The molecule has 0 amide bonds. The quantitative estimate of drug-likeness (QED) is 0.720. The first-order chi connectivity index (χ1) is 10.2. The topological polar surface area (TPSA) is 56.0 Å². The number of nitrogens with zero attached hydrogens (tertiary/aromatic N) is 1. The zero-order valence-electron chi connectivity index (χ0n) is 11.1. The molecule has 0 fully saturated rings. The number of fused-ring (bicyclic) bond motifs is 1. The van der Waals surface area contributed by atoms with E-state index in [4.69, 9.17) is 5.73 Å². The van der Waals surface area contributed by atoms with Crippen LogP contribution in [0.1, 0.15) is 5.56 Å². The molecule has 0 bridgehead atoms. The van der Waals surface area contributed by atoms with Gasteiger partial charge in [0.2, 0.25) is 0 Å². The molecule has 106 valence electrons. The number of nitrogen functional groups attached to an aromatic ring is 1. The standard InChI is InChI=1S/C16H13BrN2OS/c17-13-5-1-2-6-15(13)21(20)10-11-7-8-14(18)12-4-3-9-19-16(11)12/h1-9H,10,18H2. The zero-order valence-corrected chi connectivity index (χ0v) is 13.5. The van der Waals surface area contributed by atoms with Crippen molar-refractivity contribution in [3.8, 4) is 0 Å². The Bertz CT molecular complexity index is 835. The summed E-state index contributed by atoms with van der Waals surface area (Å²) in [5.74, 6) is 0.413. The van der Waals surface area contributed by atoms with Crippen molar-refractivity contribution in [3.63, 3.8) is 0 Å². The molecule has 1 aromatic heterocycles. The second kappa shape index (κ2) is 5.95. The molecular weight excluding hydrogens is 348 g/mol. The predicted molar refractivity (Wildman–Crippen MR) is 90.4 cm³/mol. The summed E-state index contributed by atoms with van der Waals surface area (Å²) in [5.41, 5.74) is 8.41. The van der Waals surface area contributed by atoms with Gasteiger partial charge in [0.15, 0.2) is 0 Å². The first-order valence-electron chi connectivity index (χ1n) is 6.42. The highest BCUT2D eigenvalue weighted by Crippen LogP contribution is 2.26. The predicted octanol–water partition coefficient (Wildman–Crippen LogP) is 3.89. The van der Waals surface area contributed by atoms with Crippen molar-refractivity contribution in [2.24, 2.45) is 0 Å². The lowest BCUT2D eigenvalue weighted by Crippen LogP contribution is -2.00. The van der Waals surface area contributed by atoms with Crippen molar-refractivity contribution >= 4 is 43.3 Å². The van der Waals surface area contributed by atoms with Crippen molar-refractivity contribution in [3.05, 3.63) is 64.8 Å². The van der Waals surface area contributed by atoms with Gasteiger partial charge in [0.05, 0.1) is 27.0 Å². The average Bonchev–Trinajstić information content (AvgIpc) is 2.51. The highest BCUT2D eigenvalue weighted by atomic mass is 79.9. The van der Waals surface area contributed by atoms with E-state index in [2.05, 4.69) is 20.9 Å². The molecule has 0 saturated carbocycles. The van der Waals surface area contributed by atoms with E-state index < -0.39 is 10.8 Å². The molecule has 0 aliphatic heterocycles. The lowest BCUT2D eigenvalue weighted by atomic mass is 10.1. The smallest absolute Gasteiger partial charge is 0.0764 e. The monoisotopic (exact) mass is 360 g/mol.